The van der Waals surface area contributed by atoms with Crippen LogP contribution in [0.3, 0.4) is 0 Å². The summed E-state index contributed by atoms with van der Waals surface area (Å²) in [4.78, 5) is 29.5. The minimum absolute atomic E-state index is 0.110. The van der Waals surface area contributed by atoms with Crippen LogP contribution in [0.2, 0.25) is 0 Å². The predicted octanol–water partition coefficient (Wildman–Crippen LogP) is 1.66. The molecule has 2 aromatic rings. The van der Waals surface area contributed by atoms with Crippen molar-refractivity contribution in [3.63, 3.8) is 0 Å². The van der Waals surface area contributed by atoms with Gasteiger partial charge < -0.3 is 14.4 Å². The summed E-state index contributed by atoms with van der Waals surface area (Å²) >= 11 is 0. The number of hydrogen-bond acceptors (Lipinski definition) is 3. The second kappa shape index (κ2) is 5.20. The summed E-state index contributed by atoms with van der Waals surface area (Å²) in [6.07, 6.45) is 7.10. The Kier molecular flexibility index (Phi) is 3.37. The molecule has 2 aromatic heterocycles. The zero-order valence-corrected chi connectivity index (χ0v) is 11.8. The van der Waals surface area contributed by atoms with Gasteiger partial charge in [-0.3, -0.25) is 9.59 Å². The van der Waals surface area contributed by atoms with E-state index in [-0.39, 0.29) is 18.5 Å². The van der Waals surface area contributed by atoms with Crippen LogP contribution in [0, 0.1) is 5.92 Å². The zero-order valence-electron chi connectivity index (χ0n) is 11.8. The fourth-order valence-corrected chi connectivity index (χ4v) is 2.37. The molecule has 0 saturated heterocycles. The van der Waals surface area contributed by atoms with Crippen molar-refractivity contribution in [3.8, 4) is 0 Å². The number of aromatic nitrogens is 2. The highest BCUT2D eigenvalue weighted by atomic mass is 16.4. The van der Waals surface area contributed by atoms with Gasteiger partial charge in [-0.2, -0.15) is 0 Å². The molecule has 6 nitrogen and oxygen atoms in total. The zero-order chi connectivity index (χ0) is 15.0. The first kappa shape index (κ1) is 13.6. The maximum absolute atomic E-state index is 12.6. The Balaban J connectivity index is 1.84. The fourth-order valence-electron chi connectivity index (χ4n) is 2.37. The number of amides is 1. The van der Waals surface area contributed by atoms with Crippen LogP contribution in [0.25, 0.3) is 5.65 Å². The lowest BCUT2D eigenvalue weighted by atomic mass is 10.1. The number of carboxylic acid groups (broad SMARTS) is 1. The van der Waals surface area contributed by atoms with Gasteiger partial charge in [-0.15, -0.1) is 0 Å². The van der Waals surface area contributed by atoms with Crippen molar-refractivity contribution in [2.24, 2.45) is 5.92 Å². The maximum atomic E-state index is 12.6. The van der Waals surface area contributed by atoms with Crippen molar-refractivity contribution in [2.45, 2.75) is 25.8 Å². The Hall–Kier alpha value is -2.37. The summed E-state index contributed by atoms with van der Waals surface area (Å²) in [5, 5.41) is 9.05. The number of hydrogen-bond donors (Lipinski definition) is 1. The molecule has 2 heterocycles. The largest absolute Gasteiger partial charge is 0.481 e. The second-order valence-electron chi connectivity index (χ2n) is 5.54. The summed E-state index contributed by atoms with van der Waals surface area (Å²) in [6, 6.07) is 3.71. The molecular weight excluding hydrogens is 270 g/mol. The number of fused-ring (bicyclic) bond motifs is 1. The highest BCUT2D eigenvalue weighted by Crippen LogP contribution is 2.29. The Labute approximate surface area is 122 Å². The summed E-state index contributed by atoms with van der Waals surface area (Å²) in [6.45, 7) is 1.88. The highest BCUT2D eigenvalue weighted by Gasteiger charge is 2.35. The van der Waals surface area contributed by atoms with Crippen molar-refractivity contribution in [1.82, 2.24) is 14.3 Å². The van der Waals surface area contributed by atoms with E-state index in [1.165, 1.54) is 0 Å². The minimum Gasteiger partial charge on any atom is -0.481 e. The van der Waals surface area contributed by atoms with E-state index in [1.807, 2.05) is 0 Å². The molecule has 0 spiro atoms. The number of imidazole rings is 1. The number of rotatable bonds is 5. The van der Waals surface area contributed by atoms with Gasteiger partial charge in [0, 0.05) is 31.2 Å². The number of pyridine rings is 1. The maximum Gasteiger partial charge on any atom is 0.308 e. The summed E-state index contributed by atoms with van der Waals surface area (Å²) < 4.78 is 1.79. The van der Waals surface area contributed by atoms with Crippen molar-refractivity contribution in [1.29, 1.82) is 0 Å². The molecule has 6 heteroatoms. The Morgan fingerprint density at radius 1 is 1.48 bits per heavy atom. The first-order valence-corrected chi connectivity index (χ1v) is 7.03. The predicted molar refractivity (Wildman–Crippen MR) is 76.1 cm³/mol. The van der Waals surface area contributed by atoms with E-state index in [0.29, 0.717) is 5.56 Å². The third kappa shape index (κ3) is 2.74. The van der Waals surface area contributed by atoms with Gasteiger partial charge in [0.25, 0.3) is 5.91 Å². The van der Waals surface area contributed by atoms with E-state index < -0.39 is 11.9 Å². The molecule has 0 radical (unpaired) electrons. The number of carbonyl (C=O) groups is 2. The molecule has 0 aromatic carbocycles. The lowest BCUT2D eigenvalue weighted by Gasteiger charge is -2.24. The van der Waals surface area contributed by atoms with Crippen LogP contribution in [-0.2, 0) is 4.79 Å². The average Bonchev–Trinajstić information content (AvgIpc) is 3.20. The lowest BCUT2D eigenvalue weighted by molar-refractivity contribution is -0.141. The molecule has 1 unspecified atom stereocenters. The Morgan fingerprint density at radius 3 is 2.90 bits per heavy atom. The van der Waals surface area contributed by atoms with Gasteiger partial charge in [0.15, 0.2) is 0 Å². The third-order valence-corrected chi connectivity index (χ3v) is 3.78. The van der Waals surface area contributed by atoms with Gasteiger partial charge in [0.1, 0.15) is 5.65 Å². The van der Waals surface area contributed by atoms with E-state index in [9.17, 15) is 9.59 Å². The molecule has 0 aliphatic heterocycles. The van der Waals surface area contributed by atoms with E-state index in [1.54, 1.807) is 46.9 Å². The number of nitrogens with zero attached hydrogens (tertiary/aromatic N) is 3. The number of carbonyl (C=O) groups excluding carboxylic acids is 1. The Morgan fingerprint density at radius 2 is 2.24 bits per heavy atom. The quantitative estimate of drug-likeness (QED) is 0.907. The van der Waals surface area contributed by atoms with Gasteiger partial charge in [0.2, 0.25) is 0 Å². The van der Waals surface area contributed by atoms with Gasteiger partial charge in [-0.25, -0.2) is 4.98 Å². The summed E-state index contributed by atoms with van der Waals surface area (Å²) in [7, 11) is 0. The van der Waals surface area contributed by atoms with Crippen LogP contribution in [0.5, 0.6) is 0 Å². The molecule has 1 aliphatic carbocycles. The van der Waals surface area contributed by atoms with Gasteiger partial charge >= 0.3 is 5.97 Å². The fraction of sp³-hybridized carbons (Fsp3) is 0.400. The van der Waals surface area contributed by atoms with Crippen molar-refractivity contribution in [3.05, 3.63) is 36.3 Å². The van der Waals surface area contributed by atoms with E-state index in [2.05, 4.69) is 4.98 Å². The molecule has 3 rings (SSSR count). The SMILES string of the molecule is CC(CN(C(=O)c1ccc2nccn2c1)C1CC1)C(=O)O. The van der Waals surface area contributed by atoms with Gasteiger partial charge in [-0.1, -0.05) is 6.92 Å². The molecule has 1 saturated carbocycles. The summed E-state index contributed by atoms with van der Waals surface area (Å²) in [5.74, 6) is -1.55. The van der Waals surface area contributed by atoms with E-state index in [0.717, 1.165) is 18.5 Å². The normalized spacial score (nSPS) is 15.9. The third-order valence-electron chi connectivity index (χ3n) is 3.78. The van der Waals surface area contributed by atoms with Crippen molar-refractivity contribution >= 4 is 17.5 Å². The molecule has 0 bridgehead atoms. The van der Waals surface area contributed by atoms with Crippen LogP contribution < -0.4 is 0 Å². The van der Waals surface area contributed by atoms with Crippen LogP contribution >= 0.6 is 0 Å². The molecule has 1 N–H and O–H groups in total. The lowest BCUT2D eigenvalue weighted by Crippen LogP contribution is -2.38. The molecular formula is C15H17N3O3. The van der Waals surface area contributed by atoms with Crippen molar-refractivity contribution < 1.29 is 14.7 Å². The number of carboxylic acids is 1. The topological polar surface area (TPSA) is 74.9 Å². The molecule has 1 amide bonds. The second-order valence-corrected chi connectivity index (χ2v) is 5.54. The first-order valence-electron chi connectivity index (χ1n) is 7.03. The van der Waals surface area contributed by atoms with Gasteiger partial charge in [-0.05, 0) is 25.0 Å². The van der Waals surface area contributed by atoms with Crippen LogP contribution in [0.1, 0.15) is 30.1 Å². The van der Waals surface area contributed by atoms with Crippen molar-refractivity contribution in [2.75, 3.05) is 6.54 Å². The first-order chi connectivity index (χ1) is 10.1. The molecule has 1 atom stereocenters. The molecule has 1 fully saturated rings. The minimum atomic E-state index is -0.876. The standard InChI is InChI=1S/C15H17N3O3/c1-10(15(20)21)8-18(12-3-4-12)14(19)11-2-5-13-16-6-7-17(13)9-11/h2,5-7,9-10,12H,3-4,8H2,1H3,(H,20,21). The number of aliphatic carboxylic acids is 1. The van der Waals surface area contributed by atoms with Gasteiger partial charge in [0.05, 0.1) is 11.5 Å². The van der Waals surface area contributed by atoms with Crippen LogP contribution in [0.4, 0.5) is 0 Å². The van der Waals surface area contributed by atoms with E-state index >= 15 is 0 Å². The highest BCUT2D eigenvalue weighted by molar-refractivity contribution is 5.95. The molecule has 110 valence electrons. The van der Waals surface area contributed by atoms with E-state index in [4.69, 9.17) is 5.11 Å². The smallest absolute Gasteiger partial charge is 0.308 e. The Bertz CT molecular complexity index is 690. The monoisotopic (exact) mass is 287 g/mol. The molecule has 1 aliphatic rings. The summed E-state index contributed by atoms with van der Waals surface area (Å²) in [5.41, 5.74) is 1.34. The molecule has 21 heavy (non-hydrogen) atoms. The average molecular weight is 287 g/mol. The van der Waals surface area contributed by atoms with Crippen LogP contribution in [-0.4, -0.2) is 43.9 Å². The van der Waals surface area contributed by atoms with Crippen LogP contribution in [0.15, 0.2) is 30.7 Å².